The zero-order valence-electron chi connectivity index (χ0n) is 14.8. The lowest BCUT2D eigenvalue weighted by atomic mass is 10.2. The third kappa shape index (κ3) is 6.19. The second kappa shape index (κ2) is 9.79. The first kappa shape index (κ1) is 18.9. The number of methoxy groups -OCH3 is 1. The van der Waals surface area contributed by atoms with Crippen LogP contribution in [-0.4, -0.2) is 32.8 Å². The van der Waals surface area contributed by atoms with E-state index < -0.39 is 0 Å². The van der Waals surface area contributed by atoms with Crippen molar-refractivity contribution in [2.75, 3.05) is 20.7 Å². The Morgan fingerprint density at radius 2 is 1.76 bits per heavy atom. The normalized spacial score (nSPS) is 12.4. The number of ether oxygens (including phenoxy) is 2. The number of aliphatic imine (C=N–C) groups is 1. The van der Waals surface area contributed by atoms with Crippen LogP contribution in [0, 0.1) is 0 Å². The molecule has 2 aromatic rings. The highest BCUT2D eigenvalue weighted by Crippen LogP contribution is 2.26. The van der Waals surface area contributed by atoms with E-state index in [9.17, 15) is 0 Å². The molecule has 134 valence electrons. The summed E-state index contributed by atoms with van der Waals surface area (Å²) in [6.07, 6.45) is -0.0506. The highest BCUT2D eigenvalue weighted by molar-refractivity contribution is 6.30. The Morgan fingerprint density at radius 3 is 2.40 bits per heavy atom. The van der Waals surface area contributed by atoms with Gasteiger partial charge in [-0.1, -0.05) is 35.9 Å². The average molecular weight is 362 g/mol. The summed E-state index contributed by atoms with van der Waals surface area (Å²) < 4.78 is 11.2. The van der Waals surface area contributed by atoms with Crippen LogP contribution in [0.2, 0.25) is 5.02 Å². The minimum Gasteiger partial charge on any atom is -0.493 e. The van der Waals surface area contributed by atoms with Crippen LogP contribution in [0.3, 0.4) is 0 Å². The van der Waals surface area contributed by atoms with Crippen LogP contribution in [0.4, 0.5) is 0 Å². The van der Waals surface area contributed by atoms with Gasteiger partial charge in [0.15, 0.2) is 17.5 Å². The first-order valence-electron chi connectivity index (χ1n) is 8.11. The standard InChI is InChI=1S/C19H24ClN3O2/c1-14(25-18-7-5-4-6-17(18)24-3)12-22-19(21-2)23-13-15-8-10-16(20)11-9-15/h4-11,14H,12-13H2,1-3H3,(H2,21,22,23). The second-order valence-electron chi connectivity index (χ2n) is 5.51. The SMILES string of the molecule is CN=C(NCc1ccc(Cl)cc1)NCC(C)Oc1ccccc1OC. The van der Waals surface area contributed by atoms with Crippen molar-refractivity contribution in [1.29, 1.82) is 0 Å². The fourth-order valence-electron chi connectivity index (χ4n) is 2.22. The maximum atomic E-state index is 5.92. The number of rotatable bonds is 7. The molecule has 0 amide bonds. The molecule has 1 unspecified atom stereocenters. The van der Waals surface area contributed by atoms with Gasteiger partial charge in [0.1, 0.15) is 6.10 Å². The van der Waals surface area contributed by atoms with Crippen molar-refractivity contribution >= 4 is 17.6 Å². The Bertz CT molecular complexity index is 689. The van der Waals surface area contributed by atoms with E-state index in [1.807, 2.05) is 55.5 Å². The quantitative estimate of drug-likeness (QED) is 0.585. The second-order valence-corrected chi connectivity index (χ2v) is 5.95. The summed E-state index contributed by atoms with van der Waals surface area (Å²) in [7, 11) is 3.37. The van der Waals surface area contributed by atoms with Gasteiger partial charge in [0.05, 0.1) is 13.7 Å². The number of hydrogen-bond acceptors (Lipinski definition) is 3. The molecule has 2 aromatic carbocycles. The van der Waals surface area contributed by atoms with Crippen molar-refractivity contribution in [2.45, 2.75) is 19.6 Å². The third-order valence-corrected chi connectivity index (χ3v) is 3.80. The van der Waals surface area contributed by atoms with Gasteiger partial charge in [-0.25, -0.2) is 0 Å². The summed E-state index contributed by atoms with van der Waals surface area (Å²) in [5, 5.41) is 7.25. The van der Waals surface area contributed by atoms with Gasteiger partial charge in [-0.2, -0.15) is 0 Å². The van der Waals surface area contributed by atoms with Gasteiger partial charge >= 0.3 is 0 Å². The average Bonchev–Trinajstić information content (AvgIpc) is 2.63. The van der Waals surface area contributed by atoms with E-state index in [4.69, 9.17) is 21.1 Å². The molecule has 6 heteroatoms. The molecule has 0 aliphatic rings. The molecule has 2 rings (SSSR count). The molecular formula is C19H24ClN3O2. The largest absolute Gasteiger partial charge is 0.493 e. The van der Waals surface area contributed by atoms with Crippen LogP contribution in [0.1, 0.15) is 12.5 Å². The highest BCUT2D eigenvalue weighted by Gasteiger charge is 2.09. The van der Waals surface area contributed by atoms with Crippen LogP contribution >= 0.6 is 11.6 Å². The Kier molecular flexibility index (Phi) is 7.41. The molecule has 0 heterocycles. The minimum absolute atomic E-state index is 0.0506. The number of halogens is 1. The number of nitrogens with zero attached hydrogens (tertiary/aromatic N) is 1. The first-order chi connectivity index (χ1) is 12.1. The molecule has 5 nitrogen and oxygen atoms in total. The Balaban J connectivity index is 1.80. The van der Waals surface area contributed by atoms with Crippen LogP contribution in [0.25, 0.3) is 0 Å². The number of nitrogens with one attached hydrogen (secondary N) is 2. The number of guanidine groups is 1. The molecule has 0 saturated carbocycles. The van der Waals surface area contributed by atoms with E-state index in [0.717, 1.165) is 22.1 Å². The maximum Gasteiger partial charge on any atom is 0.191 e. The molecule has 0 radical (unpaired) electrons. The fraction of sp³-hybridized carbons (Fsp3) is 0.316. The molecule has 0 saturated heterocycles. The summed E-state index contributed by atoms with van der Waals surface area (Å²) in [5.74, 6) is 2.16. The third-order valence-electron chi connectivity index (χ3n) is 3.55. The topological polar surface area (TPSA) is 54.9 Å². The number of hydrogen-bond donors (Lipinski definition) is 2. The van der Waals surface area contributed by atoms with Gasteiger partial charge in [0.25, 0.3) is 0 Å². The molecule has 25 heavy (non-hydrogen) atoms. The van der Waals surface area contributed by atoms with Gasteiger partial charge in [-0.05, 0) is 36.8 Å². The zero-order chi connectivity index (χ0) is 18.1. The van der Waals surface area contributed by atoms with Crippen molar-refractivity contribution in [1.82, 2.24) is 10.6 Å². The van der Waals surface area contributed by atoms with Crippen LogP contribution < -0.4 is 20.1 Å². The van der Waals surface area contributed by atoms with Crippen molar-refractivity contribution in [3.05, 3.63) is 59.1 Å². The molecule has 0 bridgehead atoms. The Labute approximate surface area is 154 Å². The van der Waals surface area contributed by atoms with Gasteiger partial charge in [-0.3, -0.25) is 4.99 Å². The lowest BCUT2D eigenvalue weighted by Gasteiger charge is -2.19. The van der Waals surface area contributed by atoms with Crippen LogP contribution in [0.15, 0.2) is 53.5 Å². The smallest absolute Gasteiger partial charge is 0.191 e. The highest BCUT2D eigenvalue weighted by atomic mass is 35.5. The fourth-order valence-corrected chi connectivity index (χ4v) is 2.35. The molecule has 0 aliphatic carbocycles. The van der Waals surface area contributed by atoms with E-state index >= 15 is 0 Å². The van der Waals surface area contributed by atoms with E-state index in [2.05, 4.69) is 15.6 Å². The molecule has 0 fully saturated rings. The van der Waals surface area contributed by atoms with Gasteiger partial charge in [0.2, 0.25) is 0 Å². The predicted octanol–water partition coefficient (Wildman–Crippen LogP) is 3.48. The Morgan fingerprint density at radius 1 is 1.08 bits per heavy atom. The summed E-state index contributed by atoms with van der Waals surface area (Å²) in [5.41, 5.74) is 1.13. The summed E-state index contributed by atoms with van der Waals surface area (Å²) in [4.78, 5) is 4.22. The molecule has 0 aliphatic heterocycles. The molecule has 2 N–H and O–H groups in total. The molecule has 0 spiro atoms. The predicted molar refractivity (Wildman–Crippen MR) is 103 cm³/mol. The van der Waals surface area contributed by atoms with E-state index in [1.54, 1.807) is 14.2 Å². The summed E-state index contributed by atoms with van der Waals surface area (Å²) >= 11 is 5.90. The number of para-hydroxylation sites is 2. The summed E-state index contributed by atoms with van der Waals surface area (Å²) in [6.45, 7) is 3.27. The van der Waals surface area contributed by atoms with E-state index in [1.165, 1.54) is 0 Å². The molecule has 1 atom stereocenters. The van der Waals surface area contributed by atoms with Gasteiger partial charge in [0, 0.05) is 18.6 Å². The number of benzene rings is 2. The van der Waals surface area contributed by atoms with Gasteiger partial charge < -0.3 is 20.1 Å². The molecule has 0 aromatic heterocycles. The lowest BCUT2D eigenvalue weighted by molar-refractivity contribution is 0.213. The van der Waals surface area contributed by atoms with Gasteiger partial charge in [-0.15, -0.1) is 0 Å². The van der Waals surface area contributed by atoms with Crippen molar-refractivity contribution < 1.29 is 9.47 Å². The molecular weight excluding hydrogens is 338 g/mol. The Hall–Kier alpha value is -2.40. The monoisotopic (exact) mass is 361 g/mol. The zero-order valence-corrected chi connectivity index (χ0v) is 15.5. The van der Waals surface area contributed by atoms with Crippen molar-refractivity contribution in [2.24, 2.45) is 4.99 Å². The van der Waals surface area contributed by atoms with E-state index in [-0.39, 0.29) is 6.10 Å². The first-order valence-corrected chi connectivity index (χ1v) is 8.48. The lowest BCUT2D eigenvalue weighted by Crippen LogP contribution is -2.41. The van der Waals surface area contributed by atoms with E-state index in [0.29, 0.717) is 19.0 Å². The summed E-state index contributed by atoms with van der Waals surface area (Å²) in [6, 6.07) is 15.3. The van der Waals surface area contributed by atoms with Crippen molar-refractivity contribution in [3.8, 4) is 11.5 Å². The van der Waals surface area contributed by atoms with Crippen LogP contribution in [0.5, 0.6) is 11.5 Å². The van der Waals surface area contributed by atoms with Crippen LogP contribution in [-0.2, 0) is 6.54 Å². The van der Waals surface area contributed by atoms with Crippen molar-refractivity contribution in [3.63, 3.8) is 0 Å². The minimum atomic E-state index is -0.0506. The maximum absolute atomic E-state index is 5.92.